The van der Waals surface area contributed by atoms with Gasteiger partial charge in [0.2, 0.25) is 10.0 Å². The molecule has 28 heavy (non-hydrogen) atoms. The predicted molar refractivity (Wildman–Crippen MR) is 110 cm³/mol. The summed E-state index contributed by atoms with van der Waals surface area (Å²) in [5.41, 5.74) is 2.24. The smallest absolute Gasteiger partial charge is 0.238 e. The molecule has 0 aliphatic carbocycles. The number of aryl methyl sites for hydroxylation is 1. The third-order valence-corrected chi connectivity index (χ3v) is 6.01. The van der Waals surface area contributed by atoms with Crippen molar-refractivity contribution in [1.82, 2.24) is 14.8 Å². The van der Waals surface area contributed by atoms with Gasteiger partial charge in [-0.05, 0) is 43.7 Å². The zero-order valence-corrected chi connectivity index (χ0v) is 17.3. The van der Waals surface area contributed by atoms with Gasteiger partial charge in [-0.2, -0.15) is 0 Å². The molecule has 9 heteroatoms. The first-order valence-electron chi connectivity index (χ1n) is 8.78. The summed E-state index contributed by atoms with van der Waals surface area (Å²) in [7, 11) is -3.69. The summed E-state index contributed by atoms with van der Waals surface area (Å²) >= 11 is 1.57. The number of benzene rings is 2. The van der Waals surface area contributed by atoms with Gasteiger partial charge in [-0.15, -0.1) is 10.2 Å². The highest BCUT2D eigenvalue weighted by Gasteiger charge is 2.14. The first kappa shape index (κ1) is 20.4. The lowest BCUT2D eigenvalue weighted by Gasteiger charge is -2.09. The monoisotopic (exact) mass is 418 g/mol. The van der Waals surface area contributed by atoms with Gasteiger partial charge in [0.15, 0.2) is 11.0 Å². The fourth-order valence-corrected chi connectivity index (χ4v) is 4.06. The lowest BCUT2D eigenvalue weighted by atomic mass is 10.1. The van der Waals surface area contributed by atoms with E-state index in [0.29, 0.717) is 18.1 Å². The van der Waals surface area contributed by atoms with Gasteiger partial charge in [-0.25, -0.2) is 13.6 Å². The van der Waals surface area contributed by atoms with Crippen LogP contribution in [0.4, 0.5) is 0 Å². The lowest BCUT2D eigenvalue weighted by molar-refractivity contribution is 0.343. The van der Waals surface area contributed by atoms with Crippen LogP contribution in [0.1, 0.15) is 12.5 Å². The molecule has 148 valence electrons. The number of rotatable bonds is 8. The Morgan fingerprint density at radius 1 is 1.11 bits per heavy atom. The minimum atomic E-state index is -3.69. The fourth-order valence-electron chi connectivity index (χ4n) is 2.72. The molecule has 0 saturated heterocycles. The molecule has 0 fully saturated rings. The Kier molecular flexibility index (Phi) is 6.38. The van der Waals surface area contributed by atoms with Gasteiger partial charge in [0.1, 0.15) is 5.75 Å². The fraction of sp³-hybridized carbons (Fsp3) is 0.263. The Hall–Kier alpha value is -2.36. The Labute approximate surface area is 169 Å². The Morgan fingerprint density at radius 2 is 1.82 bits per heavy atom. The van der Waals surface area contributed by atoms with Gasteiger partial charge in [0, 0.05) is 17.9 Å². The van der Waals surface area contributed by atoms with Crippen LogP contribution in [0.5, 0.6) is 5.75 Å². The van der Waals surface area contributed by atoms with Crippen molar-refractivity contribution in [3.63, 3.8) is 0 Å². The van der Waals surface area contributed by atoms with Crippen LogP contribution in [0.15, 0.2) is 58.6 Å². The van der Waals surface area contributed by atoms with E-state index in [1.165, 1.54) is 12.1 Å². The molecule has 0 aliphatic rings. The second-order valence-corrected chi connectivity index (χ2v) is 8.70. The Balaban J connectivity index is 1.60. The van der Waals surface area contributed by atoms with E-state index in [9.17, 15) is 8.42 Å². The zero-order chi connectivity index (χ0) is 20.1. The maximum atomic E-state index is 11.3. The number of thioether (sulfide) groups is 1. The molecule has 1 heterocycles. The summed E-state index contributed by atoms with van der Waals surface area (Å²) in [6.45, 7) is 5.36. The standard InChI is InChI=1S/C19H22N4O3S2/c1-3-23-18(17-7-5-4-6-14(17)2)21-22-19(23)27-13-12-26-15-8-10-16(11-9-15)28(20,24)25/h4-11H,3,12-13H2,1-2H3,(H2,20,24,25). The van der Waals surface area contributed by atoms with Crippen molar-refractivity contribution < 1.29 is 13.2 Å². The maximum absolute atomic E-state index is 11.3. The Bertz CT molecular complexity index is 1050. The van der Waals surface area contributed by atoms with Gasteiger partial charge in [-0.1, -0.05) is 36.0 Å². The van der Waals surface area contributed by atoms with E-state index in [-0.39, 0.29) is 4.90 Å². The minimum Gasteiger partial charge on any atom is -0.493 e. The first-order valence-corrected chi connectivity index (χ1v) is 11.3. The normalized spacial score (nSPS) is 11.5. The number of aromatic nitrogens is 3. The van der Waals surface area contributed by atoms with Crippen LogP contribution < -0.4 is 9.88 Å². The number of primary sulfonamides is 1. The number of hydrogen-bond donors (Lipinski definition) is 1. The number of nitrogens with zero attached hydrogens (tertiary/aromatic N) is 3. The number of hydrogen-bond acceptors (Lipinski definition) is 6. The highest BCUT2D eigenvalue weighted by Crippen LogP contribution is 2.26. The maximum Gasteiger partial charge on any atom is 0.238 e. The molecule has 7 nitrogen and oxygen atoms in total. The van der Waals surface area contributed by atoms with E-state index >= 15 is 0 Å². The summed E-state index contributed by atoms with van der Waals surface area (Å²) in [4.78, 5) is 0.0639. The van der Waals surface area contributed by atoms with Crippen molar-refractivity contribution in [2.75, 3.05) is 12.4 Å². The average Bonchev–Trinajstić information content (AvgIpc) is 3.08. The van der Waals surface area contributed by atoms with Crippen molar-refractivity contribution in [3.05, 3.63) is 54.1 Å². The van der Waals surface area contributed by atoms with Crippen LogP contribution in [-0.4, -0.2) is 35.5 Å². The molecule has 2 aromatic carbocycles. The van der Waals surface area contributed by atoms with Crippen LogP contribution in [0.25, 0.3) is 11.4 Å². The molecule has 3 rings (SSSR count). The summed E-state index contributed by atoms with van der Waals surface area (Å²) in [5.74, 6) is 2.14. The van der Waals surface area contributed by atoms with E-state index in [2.05, 4.69) is 34.7 Å². The molecular formula is C19H22N4O3S2. The first-order chi connectivity index (χ1) is 13.4. The average molecular weight is 419 g/mol. The number of nitrogens with two attached hydrogens (primary N) is 1. The van der Waals surface area contributed by atoms with E-state index in [1.807, 2.05) is 18.2 Å². The zero-order valence-electron chi connectivity index (χ0n) is 15.7. The van der Waals surface area contributed by atoms with Gasteiger partial charge in [0.05, 0.1) is 11.5 Å². The second kappa shape index (κ2) is 8.76. The molecule has 0 radical (unpaired) electrons. The highest BCUT2D eigenvalue weighted by molar-refractivity contribution is 7.99. The molecule has 0 unspecified atom stereocenters. The molecule has 0 saturated carbocycles. The molecule has 0 spiro atoms. The Morgan fingerprint density at radius 3 is 2.46 bits per heavy atom. The van der Waals surface area contributed by atoms with Crippen molar-refractivity contribution in [2.24, 2.45) is 5.14 Å². The summed E-state index contributed by atoms with van der Waals surface area (Å²) in [6, 6.07) is 14.2. The lowest BCUT2D eigenvalue weighted by Crippen LogP contribution is -2.11. The molecule has 1 aromatic heterocycles. The van der Waals surface area contributed by atoms with E-state index in [4.69, 9.17) is 9.88 Å². The molecule has 0 atom stereocenters. The van der Waals surface area contributed by atoms with Gasteiger partial charge in [-0.3, -0.25) is 0 Å². The third kappa shape index (κ3) is 4.73. The molecule has 0 aliphatic heterocycles. The molecular weight excluding hydrogens is 396 g/mol. The van der Waals surface area contributed by atoms with Gasteiger partial charge in [0.25, 0.3) is 0 Å². The molecule has 0 bridgehead atoms. The van der Waals surface area contributed by atoms with E-state index < -0.39 is 10.0 Å². The summed E-state index contributed by atoms with van der Waals surface area (Å²) in [6.07, 6.45) is 0. The predicted octanol–water partition coefficient (Wildman–Crippen LogP) is 3.09. The molecule has 3 aromatic rings. The second-order valence-electron chi connectivity index (χ2n) is 6.08. The highest BCUT2D eigenvalue weighted by atomic mass is 32.2. The molecule has 0 amide bonds. The summed E-state index contributed by atoms with van der Waals surface area (Å²) in [5, 5.41) is 14.6. The van der Waals surface area contributed by atoms with Crippen LogP contribution in [-0.2, 0) is 16.6 Å². The van der Waals surface area contributed by atoms with Crippen molar-refractivity contribution in [2.45, 2.75) is 30.4 Å². The third-order valence-electron chi connectivity index (χ3n) is 4.15. The van der Waals surface area contributed by atoms with Crippen LogP contribution in [0, 0.1) is 6.92 Å². The van der Waals surface area contributed by atoms with Crippen LogP contribution in [0.3, 0.4) is 0 Å². The van der Waals surface area contributed by atoms with Crippen molar-refractivity contribution in [3.8, 4) is 17.1 Å². The van der Waals surface area contributed by atoms with Crippen LogP contribution >= 0.6 is 11.8 Å². The summed E-state index contributed by atoms with van der Waals surface area (Å²) < 4.78 is 30.3. The number of ether oxygens (including phenoxy) is 1. The minimum absolute atomic E-state index is 0.0639. The van der Waals surface area contributed by atoms with Crippen molar-refractivity contribution in [1.29, 1.82) is 0 Å². The van der Waals surface area contributed by atoms with E-state index in [0.717, 1.165) is 28.7 Å². The molecule has 2 N–H and O–H groups in total. The van der Waals surface area contributed by atoms with Gasteiger partial charge >= 0.3 is 0 Å². The largest absolute Gasteiger partial charge is 0.493 e. The SMILES string of the molecule is CCn1c(SCCOc2ccc(S(N)(=O)=O)cc2)nnc1-c1ccccc1C. The topological polar surface area (TPSA) is 100 Å². The van der Waals surface area contributed by atoms with Crippen LogP contribution in [0.2, 0.25) is 0 Å². The van der Waals surface area contributed by atoms with Gasteiger partial charge < -0.3 is 9.30 Å². The quantitative estimate of drug-likeness (QED) is 0.446. The van der Waals surface area contributed by atoms with E-state index in [1.54, 1.807) is 23.9 Å². The number of sulfonamides is 1. The van der Waals surface area contributed by atoms with Crippen molar-refractivity contribution >= 4 is 21.8 Å².